The molecule has 0 atom stereocenters. The summed E-state index contributed by atoms with van der Waals surface area (Å²) in [7, 11) is 0. The molecule has 0 N–H and O–H groups in total. The van der Waals surface area contributed by atoms with Crippen molar-refractivity contribution in [3.05, 3.63) is 200 Å². The molecule has 0 spiro atoms. The van der Waals surface area contributed by atoms with Crippen LogP contribution in [-0.4, -0.2) is 18.4 Å². The minimum absolute atomic E-state index is 0.261. The molecule has 7 nitrogen and oxygen atoms in total. The van der Waals surface area contributed by atoms with Crippen LogP contribution < -0.4 is 52.4 Å². The second kappa shape index (κ2) is 13.5. The van der Waals surface area contributed by atoms with E-state index in [1.165, 1.54) is 0 Å². The molecule has 0 unspecified atom stereocenters. The number of hydrogen-bond donors (Lipinski definition) is 0. The number of aromatic nitrogens is 1. The predicted molar refractivity (Wildman–Crippen MR) is 259 cm³/mol. The lowest BCUT2D eigenvalue weighted by atomic mass is 9.24. The van der Waals surface area contributed by atoms with Crippen molar-refractivity contribution >= 4 is 114 Å². The van der Waals surface area contributed by atoms with Gasteiger partial charge < -0.3 is 28.1 Å². The zero-order chi connectivity index (χ0) is 41.9. The molecule has 3 aromatic heterocycles. The maximum absolute atomic E-state index is 7.21. The first-order valence-electron chi connectivity index (χ1n) is 21.6. The number of rotatable bonds is 4. The van der Waals surface area contributed by atoms with Crippen LogP contribution in [0.4, 0.5) is 34.1 Å². The highest BCUT2D eigenvalue weighted by atomic mass is 16.5. The van der Waals surface area contributed by atoms with E-state index in [9.17, 15) is 0 Å². The minimum atomic E-state index is -0.278. The number of para-hydroxylation sites is 9. The summed E-state index contributed by atoms with van der Waals surface area (Å²) in [5, 5.41) is 3.18. The van der Waals surface area contributed by atoms with Gasteiger partial charge in [-0.1, -0.05) is 108 Å². The predicted octanol–water partition coefficient (Wildman–Crippen LogP) is 10.2. The fourth-order valence-electron chi connectivity index (χ4n) is 10.4. The summed E-state index contributed by atoms with van der Waals surface area (Å²) in [6.45, 7) is -0.539. The van der Waals surface area contributed by atoms with Crippen LogP contribution in [-0.2, 0) is 0 Å². The van der Waals surface area contributed by atoms with Crippen LogP contribution in [0.1, 0.15) is 0 Å². The summed E-state index contributed by atoms with van der Waals surface area (Å²) >= 11 is 0. The SMILES string of the molecule is c1ccc2c(c1)Oc1ccccc1N2c1ccc(B2c3oc4ccc5ncccc5c4c3B(c3ccc(N4c5ccccc5Oc5ccccc54)cc3)c3oc4ccccc4c32)cc1. The monoisotopic (exact) mass is 821 g/mol. The van der Waals surface area contributed by atoms with Gasteiger partial charge in [0.05, 0.1) is 39.6 Å². The smallest absolute Gasteiger partial charge is 0.290 e. The molecule has 8 aromatic carbocycles. The number of nitrogens with zero attached hydrogens (tertiary/aromatic N) is 3. The Kier molecular flexibility index (Phi) is 7.45. The van der Waals surface area contributed by atoms with E-state index in [1.54, 1.807) is 0 Å². The quantitative estimate of drug-likeness (QED) is 0.164. The van der Waals surface area contributed by atoms with Crippen molar-refractivity contribution in [2.24, 2.45) is 0 Å². The van der Waals surface area contributed by atoms with Crippen molar-refractivity contribution in [2.75, 3.05) is 9.80 Å². The second-order valence-corrected chi connectivity index (χ2v) is 16.6. The number of hydrogen-bond acceptors (Lipinski definition) is 7. The molecule has 0 bridgehead atoms. The number of furan rings is 2. The van der Waals surface area contributed by atoms with Gasteiger partial charge in [0, 0.05) is 33.7 Å². The zero-order valence-electron chi connectivity index (χ0n) is 34.2. The van der Waals surface area contributed by atoms with Gasteiger partial charge in [0.2, 0.25) is 0 Å². The number of anilines is 6. The highest BCUT2D eigenvalue weighted by Gasteiger charge is 2.47. The van der Waals surface area contributed by atoms with Crippen LogP contribution in [0, 0.1) is 0 Å². The van der Waals surface area contributed by atoms with Crippen LogP contribution >= 0.6 is 0 Å². The molecule has 9 heteroatoms. The first-order valence-corrected chi connectivity index (χ1v) is 21.6. The number of benzene rings is 8. The summed E-state index contributed by atoms with van der Waals surface area (Å²) in [4.78, 5) is 9.36. The van der Waals surface area contributed by atoms with Gasteiger partial charge in [-0.25, -0.2) is 0 Å². The molecule has 0 saturated carbocycles. The average Bonchev–Trinajstić information content (AvgIpc) is 3.94. The average molecular weight is 822 g/mol. The van der Waals surface area contributed by atoms with Crippen LogP contribution in [0.2, 0.25) is 0 Å². The lowest BCUT2D eigenvalue weighted by Crippen LogP contribution is -2.73. The topological polar surface area (TPSA) is 64.1 Å². The number of fused-ring (bicyclic) bond motifs is 12. The van der Waals surface area contributed by atoms with E-state index in [0.29, 0.717) is 0 Å². The van der Waals surface area contributed by atoms with Gasteiger partial charge in [-0.05, 0) is 108 Å². The molecule has 0 amide bonds. The van der Waals surface area contributed by atoms with Crippen molar-refractivity contribution in [2.45, 2.75) is 0 Å². The van der Waals surface area contributed by atoms with Gasteiger partial charge in [-0.2, -0.15) is 0 Å². The molecule has 3 aliphatic heterocycles. The second-order valence-electron chi connectivity index (χ2n) is 16.6. The molecule has 0 saturated heterocycles. The minimum Gasteiger partial charge on any atom is -0.471 e. The first-order chi connectivity index (χ1) is 31.7. The highest BCUT2D eigenvalue weighted by molar-refractivity contribution is 7.12. The molecule has 298 valence electrons. The Morgan fingerprint density at radius 3 is 1.39 bits per heavy atom. The van der Waals surface area contributed by atoms with Crippen molar-refractivity contribution in [3.8, 4) is 23.0 Å². The molecule has 64 heavy (non-hydrogen) atoms. The third-order valence-electron chi connectivity index (χ3n) is 13.1. The fraction of sp³-hybridized carbons (Fsp3) is 0. The molecule has 0 fully saturated rings. The molecule has 3 aliphatic rings. The summed E-state index contributed by atoms with van der Waals surface area (Å²) in [5.74, 6) is 3.27. The van der Waals surface area contributed by atoms with E-state index in [-0.39, 0.29) is 13.4 Å². The van der Waals surface area contributed by atoms with E-state index < -0.39 is 0 Å². The largest absolute Gasteiger partial charge is 0.471 e. The van der Waals surface area contributed by atoms with Crippen LogP contribution in [0.3, 0.4) is 0 Å². The molecular weight excluding hydrogens is 788 g/mol. The maximum atomic E-state index is 7.21. The summed E-state index contributed by atoms with van der Waals surface area (Å²) in [5.41, 5.74) is 14.9. The van der Waals surface area contributed by atoms with Crippen LogP contribution in [0.15, 0.2) is 209 Å². The van der Waals surface area contributed by atoms with Crippen molar-refractivity contribution in [1.82, 2.24) is 4.98 Å². The Hall–Kier alpha value is -8.42. The van der Waals surface area contributed by atoms with E-state index in [2.05, 4.69) is 143 Å². The highest BCUT2D eigenvalue weighted by Crippen LogP contribution is 2.51. The molecule has 0 aliphatic carbocycles. The maximum Gasteiger partial charge on any atom is 0.290 e. The lowest BCUT2D eigenvalue weighted by molar-refractivity contribution is 0.477. The van der Waals surface area contributed by atoms with Gasteiger partial charge in [0.25, 0.3) is 13.4 Å². The van der Waals surface area contributed by atoms with Gasteiger partial charge in [-0.15, -0.1) is 0 Å². The Morgan fingerprint density at radius 1 is 0.375 bits per heavy atom. The fourth-order valence-corrected chi connectivity index (χ4v) is 10.4. The van der Waals surface area contributed by atoms with Crippen LogP contribution in [0.5, 0.6) is 23.0 Å². The van der Waals surface area contributed by atoms with Gasteiger partial charge in [0.15, 0.2) is 23.0 Å². The molecule has 14 rings (SSSR count). The zero-order valence-corrected chi connectivity index (χ0v) is 34.2. The molecular formula is C55H33B2N3O4. The summed E-state index contributed by atoms with van der Waals surface area (Å²) in [6.07, 6.45) is 1.85. The van der Waals surface area contributed by atoms with E-state index in [4.69, 9.17) is 23.3 Å². The van der Waals surface area contributed by atoms with Gasteiger partial charge in [-0.3, -0.25) is 4.98 Å². The molecule has 0 radical (unpaired) electrons. The van der Waals surface area contributed by atoms with Crippen LogP contribution in [0.25, 0.3) is 32.8 Å². The first kappa shape index (κ1) is 35.2. The number of pyridine rings is 1. The summed E-state index contributed by atoms with van der Waals surface area (Å²) in [6, 6.07) is 67.3. The van der Waals surface area contributed by atoms with E-state index in [0.717, 1.165) is 123 Å². The molecule has 6 heterocycles. The van der Waals surface area contributed by atoms with Gasteiger partial charge >= 0.3 is 0 Å². The van der Waals surface area contributed by atoms with E-state index >= 15 is 0 Å². The Balaban J connectivity index is 0.965. The van der Waals surface area contributed by atoms with E-state index in [1.807, 2.05) is 66.9 Å². The Morgan fingerprint density at radius 2 is 0.828 bits per heavy atom. The lowest BCUT2D eigenvalue weighted by Gasteiger charge is -2.33. The summed E-state index contributed by atoms with van der Waals surface area (Å²) < 4.78 is 27.0. The van der Waals surface area contributed by atoms with Gasteiger partial charge in [0.1, 0.15) is 11.2 Å². The third kappa shape index (κ3) is 5.09. The van der Waals surface area contributed by atoms with Crippen molar-refractivity contribution < 1.29 is 18.3 Å². The van der Waals surface area contributed by atoms with Crippen molar-refractivity contribution in [1.29, 1.82) is 0 Å². The number of ether oxygens (including phenoxy) is 2. The normalized spacial score (nSPS) is 13.4. The Bertz CT molecular complexity index is 3590. The Labute approximate surface area is 368 Å². The van der Waals surface area contributed by atoms with Crippen molar-refractivity contribution in [3.63, 3.8) is 0 Å². The molecule has 11 aromatic rings. The standard InChI is InChI=1S/C55H33B2N3O4/c1-6-18-45-39(12-1)52-54(63-45)57(35-25-29-37(30-26-35)60-43-16-4-9-21-48(43)62-49-22-10-5-17-44(49)60)53-51-38-13-11-33-58-40(38)31-32-50(51)64-55(53)56(52)34-23-27-36(28-24-34)59-41-14-2-7-19-46(41)61-47-20-8-3-15-42(47)59/h1-33H. The third-order valence-corrected chi connectivity index (χ3v) is 13.1.